The van der Waals surface area contributed by atoms with Gasteiger partial charge in [0.05, 0.1) is 17.8 Å². The number of pyridine rings is 1. The minimum Gasteiger partial charge on any atom is -0.345 e. The fraction of sp³-hybridized carbons (Fsp3) is 0.100. The Hall–Kier alpha value is -3.75. The van der Waals surface area contributed by atoms with Gasteiger partial charge in [-0.1, -0.05) is 18.2 Å². The third kappa shape index (κ3) is 3.93. The first kappa shape index (κ1) is 18.6. The second kappa shape index (κ2) is 7.34. The molecular weight excluding hydrogens is 383 g/mol. The molecule has 0 spiro atoms. The molecule has 0 unspecified atom stereocenters. The number of benzene rings is 1. The molecule has 0 saturated carbocycles. The minimum atomic E-state index is -4.41. The van der Waals surface area contributed by atoms with Crippen LogP contribution >= 0.6 is 0 Å². The number of nitrogens with one attached hydrogen (secondary N) is 1. The molecule has 3 aromatic heterocycles. The average Bonchev–Trinajstić information content (AvgIpc) is 3.20. The number of amides is 1. The molecule has 9 heteroatoms. The van der Waals surface area contributed by atoms with Crippen LogP contribution in [0.3, 0.4) is 0 Å². The summed E-state index contributed by atoms with van der Waals surface area (Å²) in [5.41, 5.74) is 1.48. The van der Waals surface area contributed by atoms with E-state index in [1.54, 1.807) is 41.2 Å². The van der Waals surface area contributed by atoms with Crippen molar-refractivity contribution in [1.82, 2.24) is 24.7 Å². The van der Waals surface area contributed by atoms with E-state index in [0.29, 0.717) is 22.6 Å². The van der Waals surface area contributed by atoms with Crippen molar-refractivity contribution in [3.8, 4) is 11.3 Å². The lowest BCUT2D eigenvalue weighted by Crippen LogP contribution is -2.24. The summed E-state index contributed by atoms with van der Waals surface area (Å²) in [6.45, 7) is 0.122. The van der Waals surface area contributed by atoms with E-state index in [2.05, 4.69) is 20.3 Å². The Morgan fingerprint density at radius 1 is 1.03 bits per heavy atom. The number of halogens is 3. The largest absolute Gasteiger partial charge is 0.416 e. The molecule has 4 aromatic rings. The first-order valence-electron chi connectivity index (χ1n) is 8.61. The van der Waals surface area contributed by atoms with Crippen molar-refractivity contribution in [2.75, 3.05) is 0 Å². The predicted octanol–water partition coefficient (Wildman–Crippen LogP) is 3.74. The van der Waals surface area contributed by atoms with Crippen LogP contribution in [0.5, 0.6) is 0 Å². The van der Waals surface area contributed by atoms with E-state index in [1.807, 2.05) is 0 Å². The number of hydrogen-bond acceptors (Lipinski definition) is 4. The topological polar surface area (TPSA) is 72.2 Å². The van der Waals surface area contributed by atoms with Gasteiger partial charge in [-0.25, -0.2) is 9.97 Å². The number of carbonyl (C=O) groups excluding carboxylic acids is 1. The summed E-state index contributed by atoms with van der Waals surface area (Å²) >= 11 is 0. The van der Waals surface area contributed by atoms with Gasteiger partial charge >= 0.3 is 6.18 Å². The molecule has 4 rings (SSSR count). The van der Waals surface area contributed by atoms with Crippen LogP contribution in [-0.2, 0) is 12.7 Å². The maximum Gasteiger partial charge on any atom is 0.416 e. The summed E-state index contributed by atoms with van der Waals surface area (Å²) in [5.74, 6) is -0.353. The first-order chi connectivity index (χ1) is 13.9. The number of alkyl halides is 3. The maximum absolute atomic E-state index is 12.8. The number of hydrogen-bond donors (Lipinski definition) is 1. The van der Waals surface area contributed by atoms with Crippen LogP contribution in [0.4, 0.5) is 13.2 Å². The van der Waals surface area contributed by atoms with Crippen molar-refractivity contribution in [1.29, 1.82) is 0 Å². The highest BCUT2D eigenvalue weighted by Gasteiger charge is 2.30. The molecule has 0 aliphatic heterocycles. The Kier molecular flexibility index (Phi) is 4.71. The number of imidazole rings is 1. The highest BCUT2D eigenvalue weighted by molar-refractivity contribution is 5.92. The third-order valence-corrected chi connectivity index (χ3v) is 4.24. The lowest BCUT2D eigenvalue weighted by molar-refractivity contribution is -0.137. The first-order valence-corrected chi connectivity index (χ1v) is 8.61. The van der Waals surface area contributed by atoms with Crippen LogP contribution < -0.4 is 5.32 Å². The molecule has 0 saturated heterocycles. The van der Waals surface area contributed by atoms with Gasteiger partial charge in [0.15, 0.2) is 5.65 Å². The fourth-order valence-electron chi connectivity index (χ4n) is 2.84. The molecule has 0 aliphatic carbocycles. The monoisotopic (exact) mass is 397 g/mol. The van der Waals surface area contributed by atoms with Crippen LogP contribution in [-0.4, -0.2) is 25.3 Å². The summed E-state index contributed by atoms with van der Waals surface area (Å²) in [5, 5.41) is 2.73. The van der Waals surface area contributed by atoms with Crippen molar-refractivity contribution in [2.45, 2.75) is 12.7 Å². The molecule has 1 amide bonds. The molecule has 1 N–H and O–H groups in total. The van der Waals surface area contributed by atoms with Crippen LogP contribution in [0.15, 0.2) is 67.3 Å². The van der Waals surface area contributed by atoms with Crippen LogP contribution in [0.1, 0.15) is 21.7 Å². The van der Waals surface area contributed by atoms with Gasteiger partial charge in [-0.2, -0.15) is 13.2 Å². The predicted molar refractivity (Wildman–Crippen MR) is 98.8 cm³/mol. The summed E-state index contributed by atoms with van der Waals surface area (Å²) in [6.07, 6.45) is 2.09. The molecule has 0 atom stereocenters. The Bertz CT molecular complexity index is 1150. The molecule has 0 aliphatic rings. The van der Waals surface area contributed by atoms with Crippen LogP contribution in [0, 0.1) is 0 Å². The van der Waals surface area contributed by atoms with Gasteiger partial charge in [0, 0.05) is 30.4 Å². The smallest absolute Gasteiger partial charge is 0.345 e. The molecule has 0 radical (unpaired) electrons. The second-order valence-electron chi connectivity index (χ2n) is 6.21. The third-order valence-electron chi connectivity index (χ3n) is 4.24. The SMILES string of the molecule is O=C(NCc1cn2ccnc2c(-c2ccc(C(F)(F)F)cc2)n1)c1ccccn1. The van der Waals surface area contributed by atoms with Crippen LogP contribution in [0.2, 0.25) is 0 Å². The normalized spacial score (nSPS) is 11.6. The van der Waals surface area contributed by atoms with E-state index >= 15 is 0 Å². The molecular formula is C20H14F3N5O. The van der Waals surface area contributed by atoms with Crippen molar-refractivity contribution in [2.24, 2.45) is 0 Å². The van der Waals surface area contributed by atoms with E-state index in [1.165, 1.54) is 18.3 Å². The summed E-state index contributed by atoms with van der Waals surface area (Å²) in [4.78, 5) is 24.9. The Balaban J connectivity index is 1.63. The quantitative estimate of drug-likeness (QED) is 0.570. The van der Waals surface area contributed by atoms with Crippen molar-refractivity contribution >= 4 is 11.6 Å². The second-order valence-corrected chi connectivity index (χ2v) is 6.21. The number of carbonyl (C=O) groups is 1. The Labute approximate surface area is 163 Å². The fourth-order valence-corrected chi connectivity index (χ4v) is 2.84. The Morgan fingerprint density at radius 3 is 2.52 bits per heavy atom. The van der Waals surface area contributed by atoms with E-state index < -0.39 is 11.7 Å². The van der Waals surface area contributed by atoms with E-state index in [-0.39, 0.29) is 18.1 Å². The molecule has 0 bridgehead atoms. The van der Waals surface area contributed by atoms with Gasteiger partial charge < -0.3 is 9.72 Å². The summed E-state index contributed by atoms with van der Waals surface area (Å²) in [6, 6.07) is 9.74. The van der Waals surface area contributed by atoms with Gasteiger partial charge in [-0.05, 0) is 24.3 Å². The number of rotatable bonds is 4. The van der Waals surface area contributed by atoms with Crippen LogP contribution in [0.25, 0.3) is 16.9 Å². The number of fused-ring (bicyclic) bond motifs is 1. The highest BCUT2D eigenvalue weighted by Crippen LogP contribution is 2.31. The van der Waals surface area contributed by atoms with Gasteiger partial charge in [0.2, 0.25) is 0 Å². The molecule has 3 heterocycles. The van der Waals surface area contributed by atoms with Crippen molar-refractivity contribution < 1.29 is 18.0 Å². The zero-order valence-corrected chi connectivity index (χ0v) is 14.9. The molecule has 6 nitrogen and oxygen atoms in total. The van der Waals surface area contributed by atoms with Gasteiger partial charge in [-0.15, -0.1) is 0 Å². The zero-order chi connectivity index (χ0) is 20.4. The summed E-state index contributed by atoms with van der Waals surface area (Å²) in [7, 11) is 0. The lowest BCUT2D eigenvalue weighted by atomic mass is 10.1. The van der Waals surface area contributed by atoms with Gasteiger partial charge in [0.25, 0.3) is 5.91 Å². The van der Waals surface area contributed by atoms with Crippen molar-refractivity contribution in [3.63, 3.8) is 0 Å². The van der Waals surface area contributed by atoms with Gasteiger partial charge in [0.1, 0.15) is 11.4 Å². The highest BCUT2D eigenvalue weighted by atomic mass is 19.4. The number of aromatic nitrogens is 4. The minimum absolute atomic E-state index is 0.122. The Morgan fingerprint density at radius 2 is 1.83 bits per heavy atom. The summed E-state index contributed by atoms with van der Waals surface area (Å²) < 4.78 is 40.2. The zero-order valence-electron chi connectivity index (χ0n) is 14.9. The van der Waals surface area contributed by atoms with E-state index in [4.69, 9.17) is 0 Å². The maximum atomic E-state index is 12.8. The van der Waals surface area contributed by atoms with E-state index in [9.17, 15) is 18.0 Å². The standard InChI is InChI=1S/C20H14F3N5O/c21-20(22,23)14-6-4-13(5-7-14)17-18-25-9-10-28(18)12-15(27-17)11-26-19(29)16-3-1-2-8-24-16/h1-10,12H,11H2,(H,26,29). The number of nitrogens with zero attached hydrogens (tertiary/aromatic N) is 4. The van der Waals surface area contributed by atoms with Crippen molar-refractivity contribution in [3.05, 3.63) is 84.2 Å². The van der Waals surface area contributed by atoms with E-state index in [0.717, 1.165) is 12.1 Å². The molecule has 29 heavy (non-hydrogen) atoms. The molecule has 1 aromatic carbocycles. The van der Waals surface area contributed by atoms with Gasteiger partial charge in [-0.3, -0.25) is 9.78 Å². The molecule has 146 valence electrons. The molecule has 0 fully saturated rings. The average molecular weight is 397 g/mol. The lowest BCUT2D eigenvalue weighted by Gasteiger charge is -2.10.